The van der Waals surface area contributed by atoms with E-state index in [4.69, 9.17) is 0 Å². The maximum Gasteiger partial charge on any atom is 0.321 e. The molecule has 0 unspecified atom stereocenters. The van der Waals surface area contributed by atoms with Crippen molar-refractivity contribution in [3.8, 4) is 5.82 Å². The Bertz CT molecular complexity index is 802. The van der Waals surface area contributed by atoms with Crippen LogP contribution in [0.1, 0.15) is 31.9 Å². The molecule has 2 heterocycles. The molecule has 0 aliphatic carbocycles. The Hall–Kier alpha value is -2.26. The molecular formula is C15H20N4O4S. The SMILES string of the molecule is CCCC[C@H](NS(=O)(=O)c1cnn(-c2ccccn2)c1C)C(=O)O. The lowest BCUT2D eigenvalue weighted by Crippen LogP contribution is -2.40. The Morgan fingerprint density at radius 2 is 2.17 bits per heavy atom. The average Bonchev–Trinajstić information content (AvgIpc) is 2.94. The van der Waals surface area contributed by atoms with Crippen LogP contribution < -0.4 is 4.72 Å². The minimum atomic E-state index is -3.99. The molecule has 0 aromatic carbocycles. The zero-order chi connectivity index (χ0) is 17.7. The van der Waals surface area contributed by atoms with Gasteiger partial charge in [-0.1, -0.05) is 25.8 Å². The van der Waals surface area contributed by atoms with E-state index in [9.17, 15) is 18.3 Å². The van der Waals surface area contributed by atoms with Crippen molar-refractivity contribution < 1.29 is 18.3 Å². The fourth-order valence-corrected chi connectivity index (χ4v) is 3.64. The highest BCUT2D eigenvalue weighted by molar-refractivity contribution is 7.89. The van der Waals surface area contributed by atoms with Crippen LogP contribution in [0.15, 0.2) is 35.5 Å². The summed E-state index contributed by atoms with van der Waals surface area (Å²) in [5, 5.41) is 13.3. The van der Waals surface area contributed by atoms with E-state index in [1.54, 1.807) is 31.3 Å². The Balaban J connectivity index is 2.30. The fraction of sp³-hybridized carbons (Fsp3) is 0.400. The molecule has 2 aromatic rings. The third-order valence-electron chi connectivity index (χ3n) is 3.56. The first-order valence-corrected chi connectivity index (χ1v) is 9.06. The van der Waals surface area contributed by atoms with Crippen molar-refractivity contribution in [3.63, 3.8) is 0 Å². The van der Waals surface area contributed by atoms with Crippen molar-refractivity contribution in [1.29, 1.82) is 0 Å². The number of hydrogen-bond donors (Lipinski definition) is 2. The summed E-state index contributed by atoms with van der Waals surface area (Å²) in [4.78, 5) is 15.3. The van der Waals surface area contributed by atoms with E-state index in [0.29, 0.717) is 17.9 Å². The summed E-state index contributed by atoms with van der Waals surface area (Å²) in [5.41, 5.74) is 0.362. The van der Waals surface area contributed by atoms with E-state index in [1.807, 2.05) is 6.92 Å². The number of carboxylic acid groups (broad SMARTS) is 1. The number of nitrogens with zero attached hydrogens (tertiary/aromatic N) is 3. The first kappa shape index (κ1) is 18.1. The molecule has 0 aliphatic heterocycles. The van der Waals surface area contributed by atoms with Crippen LogP contribution in [0.3, 0.4) is 0 Å². The number of nitrogens with one attached hydrogen (secondary N) is 1. The van der Waals surface area contributed by atoms with Gasteiger partial charge in [0, 0.05) is 6.20 Å². The molecule has 130 valence electrons. The molecule has 0 radical (unpaired) electrons. The largest absolute Gasteiger partial charge is 0.480 e. The van der Waals surface area contributed by atoms with E-state index in [-0.39, 0.29) is 11.3 Å². The molecule has 8 nitrogen and oxygen atoms in total. The predicted octanol–water partition coefficient (Wildman–Crippen LogP) is 1.50. The van der Waals surface area contributed by atoms with Gasteiger partial charge < -0.3 is 5.11 Å². The summed E-state index contributed by atoms with van der Waals surface area (Å²) >= 11 is 0. The second kappa shape index (κ2) is 7.54. The Morgan fingerprint density at radius 1 is 1.42 bits per heavy atom. The van der Waals surface area contributed by atoms with Crippen molar-refractivity contribution in [2.45, 2.75) is 44.0 Å². The summed E-state index contributed by atoms with van der Waals surface area (Å²) in [6.07, 6.45) is 4.41. The number of sulfonamides is 1. The number of pyridine rings is 1. The molecule has 0 saturated heterocycles. The normalized spacial score (nSPS) is 12.9. The number of carbonyl (C=O) groups is 1. The Labute approximate surface area is 140 Å². The van der Waals surface area contributed by atoms with Gasteiger partial charge >= 0.3 is 5.97 Å². The molecule has 2 N–H and O–H groups in total. The Morgan fingerprint density at radius 3 is 2.75 bits per heavy atom. The van der Waals surface area contributed by atoms with Crippen LogP contribution in [0.5, 0.6) is 0 Å². The lowest BCUT2D eigenvalue weighted by Gasteiger charge is -2.14. The zero-order valence-corrected chi connectivity index (χ0v) is 14.3. The number of carboxylic acids is 1. The standard InChI is InChI=1S/C15H20N4O4S/c1-3-4-7-12(15(20)21)18-24(22,23)13-10-17-19(11(13)2)14-8-5-6-9-16-14/h5-6,8-10,12,18H,3-4,7H2,1-2H3,(H,20,21)/t12-/m0/s1. The molecular weight excluding hydrogens is 332 g/mol. The molecule has 0 aliphatic rings. The second-order valence-electron chi connectivity index (χ2n) is 5.35. The molecule has 24 heavy (non-hydrogen) atoms. The average molecular weight is 352 g/mol. The van der Waals surface area contributed by atoms with Gasteiger partial charge in [-0.3, -0.25) is 4.79 Å². The molecule has 2 aromatic heterocycles. The number of rotatable bonds is 8. The quantitative estimate of drug-likeness (QED) is 0.744. The van der Waals surface area contributed by atoms with E-state index in [0.717, 1.165) is 6.42 Å². The van der Waals surface area contributed by atoms with Gasteiger partial charge in [0.2, 0.25) is 10.0 Å². The van der Waals surface area contributed by atoms with Gasteiger partial charge in [-0.25, -0.2) is 18.1 Å². The fourth-order valence-electron chi connectivity index (χ4n) is 2.26. The van der Waals surface area contributed by atoms with Crippen molar-refractivity contribution in [3.05, 3.63) is 36.3 Å². The van der Waals surface area contributed by atoms with Crippen molar-refractivity contribution >= 4 is 16.0 Å². The van der Waals surface area contributed by atoms with Gasteiger partial charge in [-0.2, -0.15) is 9.82 Å². The molecule has 0 saturated carbocycles. The monoisotopic (exact) mass is 352 g/mol. The summed E-state index contributed by atoms with van der Waals surface area (Å²) in [6.45, 7) is 3.51. The minimum Gasteiger partial charge on any atom is -0.480 e. The summed E-state index contributed by atoms with van der Waals surface area (Å²) in [7, 11) is -3.99. The van der Waals surface area contributed by atoms with Crippen LogP contribution in [0.2, 0.25) is 0 Å². The maximum atomic E-state index is 12.5. The van der Waals surface area contributed by atoms with Crippen LogP contribution in [-0.2, 0) is 14.8 Å². The van der Waals surface area contributed by atoms with Gasteiger partial charge in [0.05, 0.1) is 11.9 Å². The van der Waals surface area contributed by atoms with Crippen molar-refractivity contribution in [2.75, 3.05) is 0 Å². The summed E-state index contributed by atoms with van der Waals surface area (Å²) in [6, 6.07) is 4.05. The highest BCUT2D eigenvalue weighted by Crippen LogP contribution is 2.18. The van der Waals surface area contributed by atoms with Crippen molar-refractivity contribution in [2.24, 2.45) is 0 Å². The molecule has 1 atom stereocenters. The smallest absolute Gasteiger partial charge is 0.321 e. The van der Waals surface area contributed by atoms with Crippen molar-refractivity contribution in [1.82, 2.24) is 19.5 Å². The topological polar surface area (TPSA) is 114 Å². The van der Waals surface area contributed by atoms with Gasteiger partial charge in [0.1, 0.15) is 10.9 Å². The van der Waals surface area contributed by atoms with E-state index in [2.05, 4.69) is 14.8 Å². The lowest BCUT2D eigenvalue weighted by atomic mass is 10.1. The number of hydrogen-bond acceptors (Lipinski definition) is 5. The highest BCUT2D eigenvalue weighted by Gasteiger charge is 2.28. The van der Waals surface area contributed by atoms with Crippen LogP contribution in [0.4, 0.5) is 0 Å². The second-order valence-corrected chi connectivity index (χ2v) is 7.03. The lowest BCUT2D eigenvalue weighted by molar-refractivity contribution is -0.139. The van der Waals surface area contributed by atoms with E-state index in [1.165, 1.54) is 10.9 Å². The molecule has 0 bridgehead atoms. The number of aliphatic carboxylic acids is 1. The first-order chi connectivity index (χ1) is 11.4. The minimum absolute atomic E-state index is 0.0594. The van der Waals surface area contributed by atoms with Crippen LogP contribution >= 0.6 is 0 Å². The highest BCUT2D eigenvalue weighted by atomic mass is 32.2. The Kier molecular flexibility index (Phi) is 5.68. The zero-order valence-electron chi connectivity index (χ0n) is 13.5. The van der Waals surface area contributed by atoms with E-state index >= 15 is 0 Å². The molecule has 9 heteroatoms. The summed E-state index contributed by atoms with van der Waals surface area (Å²) in [5.74, 6) is -0.709. The van der Waals surface area contributed by atoms with Crippen LogP contribution in [-0.4, -0.2) is 40.3 Å². The third-order valence-corrected chi connectivity index (χ3v) is 5.14. The third kappa shape index (κ3) is 3.98. The molecule has 0 spiro atoms. The van der Waals surface area contributed by atoms with Gasteiger partial charge in [0.25, 0.3) is 0 Å². The van der Waals surface area contributed by atoms with Crippen LogP contribution in [0.25, 0.3) is 5.82 Å². The van der Waals surface area contributed by atoms with Gasteiger partial charge in [-0.15, -0.1) is 0 Å². The first-order valence-electron chi connectivity index (χ1n) is 7.58. The number of unbranched alkanes of at least 4 members (excludes halogenated alkanes) is 1. The molecule has 2 rings (SSSR count). The predicted molar refractivity (Wildman–Crippen MR) is 87.4 cm³/mol. The van der Waals surface area contributed by atoms with Crippen LogP contribution in [0, 0.1) is 6.92 Å². The van der Waals surface area contributed by atoms with E-state index < -0.39 is 22.0 Å². The van der Waals surface area contributed by atoms with Gasteiger partial charge in [0.15, 0.2) is 5.82 Å². The van der Waals surface area contributed by atoms with Gasteiger partial charge in [-0.05, 0) is 25.5 Å². The summed E-state index contributed by atoms with van der Waals surface area (Å²) < 4.78 is 28.7. The number of aromatic nitrogens is 3. The maximum absolute atomic E-state index is 12.5. The molecule has 0 amide bonds. The molecule has 0 fully saturated rings.